The van der Waals surface area contributed by atoms with Crippen molar-refractivity contribution in [2.75, 3.05) is 31.1 Å². The van der Waals surface area contributed by atoms with Gasteiger partial charge in [0.2, 0.25) is 6.41 Å². The molecule has 2 aromatic rings. The minimum Gasteiger partial charge on any atom is -0.388 e. The summed E-state index contributed by atoms with van der Waals surface area (Å²) in [5.41, 5.74) is 4.94. The largest absolute Gasteiger partial charge is 0.419 e. The fourth-order valence-electron chi connectivity index (χ4n) is 4.94. The van der Waals surface area contributed by atoms with E-state index in [0.717, 1.165) is 23.3 Å². The minimum absolute atomic E-state index is 0.0946. The summed E-state index contributed by atoms with van der Waals surface area (Å²) < 4.78 is 54.5. The second-order valence-electron chi connectivity index (χ2n) is 10.3. The van der Waals surface area contributed by atoms with Gasteiger partial charge < -0.3 is 15.7 Å². The second-order valence-corrected chi connectivity index (χ2v) is 10.3. The number of alkyl halides is 3. The van der Waals surface area contributed by atoms with Crippen molar-refractivity contribution in [1.82, 2.24) is 4.90 Å². The Bertz CT molecular complexity index is 1270. The number of amides is 1. The van der Waals surface area contributed by atoms with E-state index in [1.54, 1.807) is 4.90 Å². The molecule has 1 saturated heterocycles. The standard InChI is InChI=1S/C29H31F4N3O.CH3NO/c1-20(2)28(37)12-13-35(19-28)14-15-36(25-10-11-27(30)26(17-25)29(31,32)33)24-8-6-22(7-9-24)23-5-3-4-21(16-23)18-34;2-1-3/h3-11,17,20-21,37H,12-16,19H2,1-2H3;1H,(H2,2,3). The summed E-state index contributed by atoms with van der Waals surface area (Å²) in [7, 11) is 0. The Morgan fingerprint density at radius 2 is 1.88 bits per heavy atom. The lowest BCUT2D eigenvalue weighted by atomic mass is 9.90. The Hall–Kier alpha value is -3.68. The number of primary amides is 1. The molecule has 0 spiro atoms. The molecule has 1 aliphatic carbocycles. The molecular weight excluding hydrogens is 524 g/mol. The van der Waals surface area contributed by atoms with Crippen LogP contribution in [0.5, 0.6) is 0 Å². The molecule has 0 saturated carbocycles. The molecule has 6 nitrogen and oxygen atoms in total. The van der Waals surface area contributed by atoms with Crippen LogP contribution in [0.3, 0.4) is 0 Å². The quantitative estimate of drug-likeness (QED) is 0.338. The average Bonchev–Trinajstić information content (AvgIpc) is 3.32. The van der Waals surface area contributed by atoms with Crippen molar-refractivity contribution in [3.63, 3.8) is 0 Å². The van der Waals surface area contributed by atoms with Crippen molar-refractivity contribution < 1.29 is 27.5 Å². The van der Waals surface area contributed by atoms with E-state index in [2.05, 4.69) is 16.7 Å². The van der Waals surface area contributed by atoms with Crippen molar-refractivity contribution in [2.45, 2.75) is 38.5 Å². The van der Waals surface area contributed by atoms with Gasteiger partial charge in [-0.3, -0.25) is 9.69 Å². The lowest BCUT2D eigenvalue weighted by molar-refractivity contribution is -0.139. The molecule has 0 radical (unpaired) electrons. The van der Waals surface area contributed by atoms with E-state index in [9.17, 15) is 27.9 Å². The van der Waals surface area contributed by atoms with Gasteiger partial charge in [-0.15, -0.1) is 0 Å². The number of aliphatic hydroxyl groups is 1. The number of carbonyl (C=O) groups is 1. The van der Waals surface area contributed by atoms with Crippen LogP contribution in [0.15, 0.2) is 60.7 Å². The van der Waals surface area contributed by atoms with E-state index in [1.807, 2.05) is 56.3 Å². The van der Waals surface area contributed by atoms with E-state index in [0.29, 0.717) is 44.7 Å². The van der Waals surface area contributed by atoms with Gasteiger partial charge in [0.25, 0.3) is 0 Å². The molecule has 0 bridgehead atoms. The number of hydrogen-bond acceptors (Lipinski definition) is 5. The van der Waals surface area contributed by atoms with Gasteiger partial charge in [0.05, 0.1) is 23.2 Å². The van der Waals surface area contributed by atoms with Crippen LogP contribution in [0.2, 0.25) is 0 Å². The number of likely N-dealkylation sites (tertiary alicyclic amines) is 1. The Morgan fingerprint density at radius 3 is 2.45 bits per heavy atom. The zero-order chi connectivity index (χ0) is 29.5. The molecule has 1 amide bonds. The summed E-state index contributed by atoms with van der Waals surface area (Å²) >= 11 is 0. The number of rotatable bonds is 7. The molecule has 1 heterocycles. The number of nitriles is 1. The lowest BCUT2D eigenvalue weighted by Gasteiger charge is -2.30. The van der Waals surface area contributed by atoms with Crippen LogP contribution in [0.25, 0.3) is 5.57 Å². The molecule has 40 heavy (non-hydrogen) atoms. The number of anilines is 2. The van der Waals surface area contributed by atoms with Crippen molar-refractivity contribution in [3.05, 3.63) is 77.6 Å². The number of carbonyl (C=O) groups excluding carboxylic acids is 1. The summed E-state index contributed by atoms with van der Waals surface area (Å²) in [5, 5.41) is 20.1. The number of β-amino-alcohol motifs (C(OH)–C–C–N with tert-alkyl or cyclic N) is 1. The van der Waals surface area contributed by atoms with Gasteiger partial charge >= 0.3 is 6.18 Å². The second kappa shape index (κ2) is 13.1. The first kappa shape index (κ1) is 30.9. The molecule has 10 heteroatoms. The van der Waals surface area contributed by atoms with Crippen LogP contribution in [-0.4, -0.2) is 48.2 Å². The molecule has 2 atom stereocenters. The molecule has 1 aliphatic heterocycles. The maximum Gasteiger partial charge on any atom is 0.419 e. The first-order valence-electron chi connectivity index (χ1n) is 13.0. The van der Waals surface area contributed by atoms with Gasteiger partial charge in [-0.1, -0.05) is 44.2 Å². The van der Waals surface area contributed by atoms with Crippen molar-refractivity contribution in [1.29, 1.82) is 5.26 Å². The van der Waals surface area contributed by atoms with Crippen molar-refractivity contribution >= 4 is 23.4 Å². The molecule has 2 aliphatic rings. The Labute approximate surface area is 232 Å². The fourth-order valence-corrected chi connectivity index (χ4v) is 4.94. The van der Waals surface area contributed by atoms with Gasteiger partial charge in [0, 0.05) is 37.6 Å². The zero-order valence-corrected chi connectivity index (χ0v) is 22.5. The summed E-state index contributed by atoms with van der Waals surface area (Å²) in [4.78, 5) is 12.4. The van der Waals surface area contributed by atoms with Crippen LogP contribution in [0, 0.1) is 29.0 Å². The Morgan fingerprint density at radius 1 is 1.23 bits per heavy atom. The third-order valence-corrected chi connectivity index (χ3v) is 7.44. The lowest BCUT2D eigenvalue weighted by Crippen LogP contribution is -2.40. The van der Waals surface area contributed by atoms with Gasteiger partial charge in [-0.05, 0) is 60.2 Å². The smallest absolute Gasteiger partial charge is 0.388 e. The summed E-state index contributed by atoms with van der Waals surface area (Å²) in [6.45, 7) is 6.03. The third-order valence-electron chi connectivity index (χ3n) is 7.44. The normalized spacial score (nSPS) is 20.9. The topological polar surface area (TPSA) is 93.6 Å². The van der Waals surface area contributed by atoms with Crippen LogP contribution in [0.1, 0.15) is 37.8 Å². The molecule has 3 N–H and O–H groups in total. The van der Waals surface area contributed by atoms with E-state index in [4.69, 9.17) is 4.79 Å². The number of benzene rings is 2. The van der Waals surface area contributed by atoms with Gasteiger partial charge in [-0.2, -0.15) is 18.4 Å². The van der Waals surface area contributed by atoms with E-state index < -0.39 is 23.2 Å². The zero-order valence-electron chi connectivity index (χ0n) is 22.5. The van der Waals surface area contributed by atoms with Crippen LogP contribution in [0.4, 0.5) is 28.9 Å². The SMILES string of the molecule is CC(C)C1(O)CCN(CCN(c2ccc(C3=CC=CC(C#N)C3)cc2)c2ccc(F)c(C(F)(F)F)c2)C1.NC=O. The van der Waals surface area contributed by atoms with Gasteiger partial charge in [0.1, 0.15) is 5.82 Å². The number of halogens is 4. The van der Waals surface area contributed by atoms with Crippen molar-refractivity contribution in [2.24, 2.45) is 17.6 Å². The maximum atomic E-state index is 14.0. The van der Waals surface area contributed by atoms with Crippen LogP contribution < -0.4 is 10.6 Å². The summed E-state index contributed by atoms with van der Waals surface area (Å²) in [6, 6.07) is 12.8. The van der Waals surface area contributed by atoms with E-state index >= 15 is 0 Å². The predicted molar refractivity (Wildman–Crippen MR) is 147 cm³/mol. The molecule has 1 fully saturated rings. The third kappa shape index (κ3) is 7.49. The fraction of sp³-hybridized carbons (Fsp3) is 0.400. The van der Waals surface area contributed by atoms with E-state index in [-0.39, 0.29) is 23.9 Å². The highest BCUT2D eigenvalue weighted by Crippen LogP contribution is 2.37. The number of allylic oxidation sites excluding steroid dienone is 4. The van der Waals surface area contributed by atoms with Gasteiger partial charge in [0.15, 0.2) is 0 Å². The maximum absolute atomic E-state index is 14.0. The highest BCUT2D eigenvalue weighted by Gasteiger charge is 2.39. The van der Waals surface area contributed by atoms with E-state index in [1.165, 1.54) is 6.07 Å². The van der Waals surface area contributed by atoms with Crippen LogP contribution in [-0.2, 0) is 11.0 Å². The number of nitrogens with two attached hydrogens (primary N) is 1. The molecule has 2 aromatic carbocycles. The predicted octanol–water partition coefficient (Wildman–Crippen LogP) is 5.66. The van der Waals surface area contributed by atoms with Crippen molar-refractivity contribution in [3.8, 4) is 6.07 Å². The van der Waals surface area contributed by atoms with Gasteiger partial charge in [-0.25, -0.2) is 4.39 Å². The molecule has 0 aromatic heterocycles. The number of nitrogens with zero attached hydrogens (tertiary/aromatic N) is 3. The van der Waals surface area contributed by atoms with Crippen LogP contribution >= 0.6 is 0 Å². The first-order valence-corrected chi connectivity index (χ1v) is 13.0. The molecule has 2 unspecified atom stereocenters. The summed E-state index contributed by atoms with van der Waals surface area (Å²) in [6.07, 6.45) is 2.34. The summed E-state index contributed by atoms with van der Waals surface area (Å²) in [5.74, 6) is -1.41. The minimum atomic E-state index is -4.81. The molecule has 4 rings (SSSR count). The number of hydrogen-bond donors (Lipinski definition) is 2. The monoisotopic (exact) mass is 558 g/mol. The molecular formula is C30H34F4N4O2. The molecule has 214 valence electrons. The highest BCUT2D eigenvalue weighted by atomic mass is 19.4. The average molecular weight is 559 g/mol. The Balaban J connectivity index is 0.00000141. The first-order chi connectivity index (χ1) is 18.9. The Kier molecular flexibility index (Phi) is 10.1. The highest BCUT2D eigenvalue weighted by molar-refractivity contribution is 5.72.